The van der Waals surface area contributed by atoms with E-state index in [-0.39, 0.29) is 11.2 Å². The van der Waals surface area contributed by atoms with Crippen LogP contribution in [0.5, 0.6) is 5.75 Å². The van der Waals surface area contributed by atoms with E-state index in [1.165, 1.54) is 0 Å². The van der Waals surface area contributed by atoms with Crippen LogP contribution in [0.4, 0.5) is 0 Å². The Labute approximate surface area is 152 Å². The van der Waals surface area contributed by atoms with Crippen LogP contribution in [0, 0.1) is 12.6 Å². The zero-order valence-corrected chi connectivity index (χ0v) is 16.6. The van der Waals surface area contributed by atoms with Gasteiger partial charge in [0, 0.05) is 15.7 Å². The lowest BCUT2D eigenvalue weighted by Gasteiger charge is -2.19. The van der Waals surface area contributed by atoms with E-state index in [9.17, 15) is 5.11 Å². The quantitative estimate of drug-likeness (QED) is 0.249. The average Bonchev–Trinajstić information content (AvgIpc) is 2.31. The van der Waals surface area contributed by atoms with Crippen molar-refractivity contribution in [1.29, 1.82) is 0 Å². The van der Waals surface area contributed by atoms with Crippen molar-refractivity contribution in [3.8, 4) is 5.75 Å². The largest absolute Gasteiger partial charge is 0.506 e. The number of hydrogen-bond donors (Lipinski definition) is 3. The lowest BCUT2D eigenvalue weighted by Crippen LogP contribution is -2.37. The summed E-state index contributed by atoms with van der Waals surface area (Å²) in [5.74, 6) is 0.227. The minimum atomic E-state index is 0.152. The first-order chi connectivity index (χ1) is 9.19. The summed E-state index contributed by atoms with van der Waals surface area (Å²) in [6, 6.07) is 3.76. The van der Waals surface area contributed by atoms with Crippen molar-refractivity contribution in [3.63, 3.8) is 0 Å². The molecule has 0 unspecified atom stereocenters. The third kappa shape index (κ3) is 6.53. The highest BCUT2D eigenvalue weighted by atomic mass is 127. The number of aromatic hydroxyl groups is 1. The van der Waals surface area contributed by atoms with Gasteiger partial charge in [-0.2, -0.15) is 5.10 Å². The third-order valence-electron chi connectivity index (χ3n) is 2.21. The molecule has 0 aliphatic carbocycles. The number of thiocarbonyl (C=S) groups is 1. The molecule has 0 aromatic heterocycles. The average molecular weight is 517 g/mol. The zero-order valence-electron chi connectivity index (χ0n) is 11.5. The minimum absolute atomic E-state index is 0.152. The molecule has 0 fully saturated rings. The van der Waals surface area contributed by atoms with E-state index in [0.717, 1.165) is 13.7 Å². The highest BCUT2D eigenvalue weighted by molar-refractivity contribution is 14.1. The SMILES string of the molecule is CC(C)(C)CNC(=S)N/N=C/c1cc(I)cc(I)c1O. The van der Waals surface area contributed by atoms with Gasteiger partial charge in [0.2, 0.25) is 0 Å². The molecule has 0 bridgehead atoms. The van der Waals surface area contributed by atoms with Gasteiger partial charge in [0.15, 0.2) is 5.11 Å². The Hall–Kier alpha value is -0.160. The molecule has 0 radical (unpaired) electrons. The Morgan fingerprint density at radius 1 is 1.40 bits per heavy atom. The van der Waals surface area contributed by atoms with Crippen LogP contribution in [0.25, 0.3) is 0 Å². The molecule has 1 rings (SSSR count). The molecule has 0 saturated carbocycles. The summed E-state index contributed by atoms with van der Waals surface area (Å²) in [6.45, 7) is 7.13. The maximum Gasteiger partial charge on any atom is 0.186 e. The van der Waals surface area contributed by atoms with Crippen LogP contribution >= 0.6 is 57.4 Å². The van der Waals surface area contributed by atoms with Crippen molar-refractivity contribution < 1.29 is 5.11 Å². The second-order valence-corrected chi connectivity index (χ2v) is 8.25. The summed E-state index contributed by atoms with van der Waals surface area (Å²) < 4.78 is 1.84. The molecule has 0 aliphatic rings. The molecule has 1 aromatic carbocycles. The van der Waals surface area contributed by atoms with Gasteiger partial charge in [-0.05, 0) is 74.9 Å². The maximum absolute atomic E-state index is 9.92. The molecule has 0 saturated heterocycles. The van der Waals surface area contributed by atoms with Crippen LogP contribution in [0.2, 0.25) is 0 Å². The van der Waals surface area contributed by atoms with Crippen LogP contribution < -0.4 is 10.7 Å². The van der Waals surface area contributed by atoms with E-state index >= 15 is 0 Å². The molecular formula is C13H17I2N3OS. The van der Waals surface area contributed by atoms with Gasteiger partial charge >= 0.3 is 0 Å². The highest BCUT2D eigenvalue weighted by Gasteiger charge is 2.10. The molecule has 7 heteroatoms. The van der Waals surface area contributed by atoms with Gasteiger partial charge in [0.05, 0.1) is 9.78 Å². The topological polar surface area (TPSA) is 56.7 Å². The molecule has 0 aliphatic heterocycles. The summed E-state index contributed by atoms with van der Waals surface area (Å²) in [5.41, 5.74) is 3.56. The fourth-order valence-electron chi connectivity index (χ4n) is 1.23. The maximum atomic E-state index is 9.92. The van der Waals surface area contributed by atoms with Gasteiger partial charge in [-0.1, -0.05) is 20.8 Å². The molecule has 0 amide bonds. The van der Waals surface area contributed by atoms with E-state index in [4.69, 9.17) is 12.2 Å². The van der Waals surface area contributed by atoms with Gasteiger partial charge < -0.3 is 10.4 Å². The minimum Gasteiger partial charge on any atom is -0.506 e. The Bertz CT molecular complexity index is 527. The lowest BCUT2D eigenvalue weighted by molar-refractivity contribution is 0.408. The number of nitrogens with zero attached hydrogens (tertiary/aromatic N) is 1. The van der Waals surface area contributed by atoms with Crippen molar-refractivity contribution >= 4 is 68.7 Å². The Morgan fingerprint density at radius 3 is 2.65 bits per heavy atom. The summed E-state index contributed by atoms with van der Waals surface area (Å²) in [4.78, 5) is 0. The van der Waals surface area contributed by atoms with Gasteiger partial charge in [-0.15, -0.1) is 0 Å². The van der Waals surface area contributed by atoms with Crippen molar-refractivity contribution in [2.24, 2.45) is 10.5 Å². The number of halogens is 2. The molecule has 0 atom stereocenters. The summed E-state index contributed by atoms with van der Waals surface area (Å²) >= 11 is 9.41. The Morgan fingerprint density at radius 2 is 2.05 bits per heavy atom. The van der Waals surface area contributed by atoms with Crippen molar-refractivity contribution in [3.05, 3.63) is 24.8 Å². The number of phenols is 1. The van der Waals surface area contributed by atoms with Crippen LogP contribution in [0.1, 0.15) is 26.3 Å². The first-order valence-electron chi connectivity index (χ1n) is 5.94. The van der Waals surface area contributed by atoms with Crippen LogP contribution in [0.3, 0.4) is 0 Å². The monoisotopic (exact) mass is 517 g/mol. The van der Waals surface area contributed by atoms with Crippen LogP contribution in [-0.2, 0) is 0 Å². The zero-order chi connectivity index (χ0) is 15.3. The number of phenolic OH excluding ortho intramolecular Hbond substituents is 1. The number of rotatable bonds is 3. The lowest BCUT2D eigenvalue weighted by atomic mass is 9.97. The van der Waals surface area contributed by atoms with E-state index in [2.05, 4.69) is 81.8 Å². The summed E-state index contributed by atoms with van der Waals surface area (Å²) in [7, 11) is 0. The van der Waals surface area contributed by atoms with E-state index < -0.39 is 0 Å². The van der Waals surface area contributed by atoms with E-state index in [1.807, 2.05) is 12.1 Å². The predicted molar refractivity (Wildman–Crippen MR) is 104 cm³/mol. The standard InChI is InChI=1S/C13H17I2N3OS/c1-13(2,3)7-16-12(20)18-17-6-8-4-9(14)5-10(15)11(8)19/h4-6,19H,7H2,1-3H3,(H2,16,18,20)/b17-6+. The van der Waals surface area contributed by atoms with E-state index in [1.54, 1.807) is 6.21 Å². The van der Waals surface area contributed by atoms with Gasteiger partial charge in [-0.25, -0.2) is 0 Å². The Kier molecular flexibility index (Phi) is 6.92. The Balaban J connectivity index is 2.59. The normalized spacial score (nSPS) is 11.7. The summed E-state index contributed by atoms with van der Waals surface area (Å²) in [6.07, 6.45) is 1.56. The molecule has 3 N–H and O–H groups in total. The van der Waals surface area contributed by atoms with Gasteiger partial charge in [-0.3, -0.25) is 5.43 Å². The van der Waals surface area contributed by atoms with Crippen LogP contribution in [-0.4, -0.2) is 23.0 Å². The molecule has 20 heavy (non-hydrogen) atoms. The fraction of sp³-hybridized carbons (Fsp3) is 0.385. The van der Waals surface area contributed by atoms with Gasteiger partial charge in [0.1, 0.15) is 5.75 Å². The molecule has 1 aromatic rings. The van der Waals surface area contributed by atoms with E-state index in [0.29, 0.717) is 10.7 Å². The molecule has 110 valence electrons. The van der Waals surface area contributed by atoms with Gasteiger partial charge in [0.25, 0.3) is 0 Å². The summed E-state index contributed by atoms with van der Waals surface area (Å²) in [5, 5.41) is 17.5. The molecule has 4 nitrogen and oxygen atoms in total. The van der Waals surface area contributed by atoms with Crippen LogP contribution in [0.15, 0.2) is 17.2 Å². The fourth-order valence-corrected chi connectivity index (χ4v) is 3.24. The first-order valence-corrected chi connectivity index (χ1v) is 8.50. The third-order valence-corrected chi connectivity index (χ3v) is 3.89. The number of benzene rings is 1. The number of nitrogens with one attached hydrogen (secondary N) is 2. The number of hydrazone groups is 1. The highest BCUT2D eigenvalue weighted by Crippen LogP contribution is 2.25. The van der Waals surface area contributed by atoms with Crippen molar-refractivity contribution in [2.45, 2.75) is 20.8 Å². The van der Waals surface area contributed by atoms with Crippen molar-refractivity contribution in [1.82, 2.24) is 10.7 Å². The molecular weight excluding hydrogens is 500 g/mol. The van der Waals surface area contributed by atoms with Crippen molar-refractivity contribution in [2.75, 3.05) is 6.54 Å². The first kappa shape index (κ1) is 17.9. The molecule has 0 spiro atoms. The smallest absolute Gasteiger partial charge is 0.186 e. The second-order valence-electron chi connectivity index (χ2n) is 5.44. The predicted octanol–water partition coefficient (Wildman–Crippen LogP) is 3.45. The number of hydrogen-bond acceptors (Lipinski definition) is 3. The molecule has 0 heterocycles. The second kappa shape index (κ2) is 7.74.